The molecule has 274 valence electrons. The Balaban J connectivity index is 3.54. The van der Waals surface area contributed by atoms with E-state index in [4.69, 9.17) is 0 Å². The summed E-state index contributed by atoms with van der Waals surface area (Å²) in [6.07, 6.45) is 37.4. The maximum Gasteiger partial charge on any atom is 0.249 e. The van der Waals surface area contributed by atoms with E-state index < -0.39 is 36.9 Å². The quantitative estimate of drug-likeness (QED) is 0.0342. The summed E-state index contributed by atoms with van der Waals surface area (Å²) in [6.45, 7) is 3.91. The minimum absolute atomic E-state index is 0.369. The number of aliphatic hydroxyl groups is 4. The van der Waals surface area contributed by atoms with Crippen LogP contribution in [0, 0.1) is 0 Å². The normalized spacial score (nSPS) is 14.5. The third-order valence-electron chi connectivity index (χ3n) is 9.48. The molecule has 46 heavy (non-hydrogen) atoms. The van der Waals surface area contributed by atoms with Crippen molar-refractivity contribution in [3.8, 4) is 0 Å². The minimum atomic E-state index is -1.25. The second-order valence-electron chi connectivity index (χ2n) is 14.0. The van der Waals surface area contributed by atoms with Crippen LogP contribution in [0.1, 0.15) is 206 Å². The van der Waals surface area contributed by atoms with Gasteiger partial charge in [0.15, 0.2) is 0 Å². The van der Waals surface area contributed by atoms with Crippen LogP contribution in [0.4, 0.5) is 0 Å². The summed E-state index contributed by atoms with van der Waals surface area (Å²) in [7, 11) is 0. The molecule has 0 fully saturated rings. The molecule has 4 atom stereocenters. The lowest BCUT2D eigenvalue weighted by Crippen LogP contribution is -2.53. The molecule has 0 aromatic rings. The second kappa shape index (κ2) is 35.4. The van der Waals surface area contributed by atoms with Crippen LogP contribution in [-0.2, 0) is 4.79 Å². The lowest BCUT2D eigenvalue weighted by atomic mass is 9.99. The number of unbranched alkanes of at least 4 members (excludes halogenated alkanes) is 25. The van der Waals surface area contributed by atoms with Crippen LogP contribution in [0.15, 0.2) is 12.2 Å². The van der Waals surface area contributed by atoms with E-state index in [1.165, 1.54) is 135 Å². The van der Waals surface area contributed by atoms with E-state index in [0.717, 1.165) is 44.9 Å². The van der Waals surface area contributed by atoms with E-state index in [1.807, 2.05) is 0 Å². The fourth-order valence-electron chi connectivity index (χ4n) is 6.22. The van der Waals surface area contributed by atoms with Gasteiger partial charge >= 0.3 is 0 Å². The Kier molecular flexibility index (Phi) is 34.6. The van der Waals surface area contributed by atoms with Crippen molar-refractivity contribution in [3.63, 3.8) is 0 Å². The van der Waals surface area contributed by atoms with Crippen molar-refractivity contribution < 1.29 is 25.2 Å². The summed E-state index contributed by atoms with van der Waals surface area (Å²) in [4.78, 5) is 12.3. The maximum atomic E-state index is 12.3. The van der Waals surface area contributed by atoms with Gasteiger partial charge in [0.25, 0.3) is 0 Å². The first-order valence-corrected chi connectivity index (χ1v) is 20.1. The fraction of sp³-hybridized carbons (Fsp3) is 0.925. The zero-order chi connectivity index (χ0) is 33.9. The van der Waals surface area contributed by atoms with Gasteiger partial charge < -0.3 is 25.7 Å². The van der Waals surface area contributed by atoms with Gasteiger partial charge in [0, 0.05) is 0 Å². The topological polar surface area (TPSA) is 110 Å². The molecule has 0 aliphatic heterocycles. The zero-order valence-corrected chi connectivity index (χ0v) is 30.6. The molecule has 0 bridgehead atoms. The van der Waals surface area contributed by atoms with Crippen molar-refractivity contribution in [1.82, 2.24) is 5.32 Å². The number of nitrogens with one attached hydrogen (secondary N) is 1. The molecule has 0 heterocycles. The number of amides is 1. The standard InChI is InChI=1S/C40H79NO5/c1-3-5-7-9-10-11-12-13-14-15-16-17-18-19-20-21-22-23-24-25-26-27-28-29-30-32-34-38(44)40(46)41-36(35-42)39(45)37(43)33-31-8-6-4-2/h19-20,36-39,42-45H,3-18,21-35H2,1-2H3,(H,41,46)/b20-19-. The van der Waals surface area contributed by atoms with Gasteiger partial charge in [-0.2, -0.15) is 0 Å². The Bertz CT molecular complexity index is 658. The molecule has 4 unspecified atom stereocenters. The zero-order valence-electron chi connectivity index (χ0n) is 30.6. The molecule has 0 spiro atoms. The summed E-state index contributed by atoms with van der Waals surface area (Å²) >= 11 is 0. The first-order chi connectivity index (χ1) is 22.5. The third kappa shape index (κ3) is 29.2. The number of carbonyl (C=O) groups is 1. The Hall–Kier alpha value is -0.950. The van der Waals surface area contributed by atoms with Gasteiger partial charge in [-0.3, -0.25) is 4.79 Å². The van der Waals surface area contributed by atoms with Crippen molar-refractivity contribution in [2.24, 2.45) is 0 Å². The first kappa shape index (κ1) is 45.0. The van der Waals surface area contributed by atoms with E-state index in [-0.39, 0.29) is 0 Å². The van der Waals surface area contributed by atoms with Crippen LogP contribution in [-0.4, -0.2) is 57.3 Å². The lowest BCUT2D eigenvalue weighted by molar-refractivity contribution is -0.132. The van der Waals surface area contributed by atoms with Gasteiger partial charge in [0.05, 0.1) is 18.8 Å². The molecule has 6 heteroatoms. The predicted octanol–water partition coefficient (Wildman–Crippen LogP) is 9.85. The van der Waals surface area contributed by atoms with Gasteiger partial charge in [0.2, 0.25) is 5.91 Å². The van der Waals surface area contributed by atoms with Crippen molar-refractivity contribution in [1.29, 1.82) is 0 Å². The smallest absolute Gasteiger partial charge is 0.249 e. The van der Waals surface area contributed by atoms with Crippen LogP contribution >= 0.6 is 0 Å². The molecule has 0 aromatic heterocycles. The highest BCUT2D eigenvalue weighted by molar-refractivity contribution is 5.80. The largest absolute Gasteiger partial charge is 0.394 e. The van der Waals surface area contributed by atoms with Crippen LogP contribution in [0.2, 0.25) is 0 Å². The van der Waals surface area contributed by atoms with Crippen molar-refractivity contribution in [2.45, 2.75) is 231 Å². The number of rotatable bonds is 36. The predicted molar refractivity (Wildman–Crippen MR) is 196 cm³/mol. The van der Waals surface area contributed by atoms with Crippen molar-refractivity contribution >= 4 is 5.91 Å². The van der Waals surface area contributed by atoms with Gasteiger partial charge in [-0.05, 0) is 38.5 Å². The summed E-state index contributed by atoms with van der Waals surface area (Å²) in [6, 6.07) is -0.978. The minimum Gasteiger partial charge on any atom is -0.394 e. The van der Waals surface area contributed by atoms with Gasteiger partial charge in [-0.1, -0.05) is 180 Å². The molecule has 0 aliphatic rings. The lowest BCUT2D eigenvalue weighted by Gasteiger charge is -2.27. The van der Waals surface area contributed by atoms with E-state index in [0.29, 0.717) is 12.8 Å². The number of allylic oxidation sites excluding steroid dienone is 2. The number of carbonyl (C=O) groups excluding carboxylic acids is 1. The van der Waals surface area contributed by atoms with Gasteiger partial charge in [0.1, 0.15) is 12.2 Å². The van der Waals surface area contributed by atoms with E-state index in [9.17, 15) is 25.2 Å². The molecule has 0 saturated heterocycles. The number of aliphatic hydroxyl groups excluding tert-OH is 4. The Labute approximate surface area is 285 Å². The van der Waals surface area contributed by atoms with Gasteiger partial charge in [-0.15, -0.1) is 0 Å². The summed E-state index contributed by atoms with van der Waals surface area (Å²) in [5, 5.41) is 42.9. The van der Waals surface area contributed by atoms with E-state index >= 15 is 0 Å². The highest BCUT2D eigenvalue weighted by atomic mass is 16.3. The highest BCUT2D eigenvalue weighted by Crippen LogP contribution is 2.15. The monoisotopic (exact) mass is 654 g/mol. The average molecular weight is 654 g/mol. The Morgan fingerprint density at radius 1 is 0.522 bits per heavy atom. The summed E-state index contributed by atoms with van der Waals surface area (Å²) < 4.78 is 0. The molecule has 0 radical (unpaired) electrons. The first-order valence-electron chi connectivity index (χ1n) is 20.1. The molecule has 1 amide bonds. The SMILES string of the molecule is CCCCCCCCCCCCCC/C=C\CCCCCCCCCCCCC(O)C(=O)NC(CO)C(O)C(O)CCCCCC. The maximum absolute atomic E-state index is 12.3. The van der Waals surface area contributed by atoms with Crippen molar-refractivity contribution in [3.05, 3.63) is 12.2 Å². The molecule has 0 rings (SSSR count). The fourth-order valence-corrected chi connectivity index (χ4v) is 6.22. The van der Waals surface area contributed by atoms with E-state index in [2.05, 4.69) is 31.3 Å². The van der Waals surface area contributed by atoms with Crippen LogP contribution in [0.5, 0.6) is 0 Å². The molecule has 0 aliphatic carbocycles. The number of hydrogen-bond acceptors (Lipinski definition) is 5. The molecule has 0 saturated carbocycles. The van der Waals surface area contributed by atoms with Crippen molar-refractivity contribution in [2.75, 3.05) is 6.61 Å². The Morgan fingerprint density at radius 3 is 1.28 bits per heavy atom. The summed E-state index contributed by atoms with van der Waals surface area (Å²) in [5.74, 6) is -0.591. The molecule has 0 aromatic carbocycles. The molecule has 5 N–H and O–H groups in total. The van der Waals surface area contributed by atoms with Crippen LogP contribution in [0.25, 0.3) is 0 Å². The average Bonchev–Trinajstić information content (AvgIpc) is 3.06. The molecular formula is C40H79NO5. The van der Waals surface area contributed by atoms with Crippen LogP contribution < -0.4 is 5.32 Å². The highest BCUT2D eigenvalue weighted by Gasteiger charge is 2.28. The van der Waals surface area contributed by atoms with Gasteiger partial charge in [-0.25, -0.2) is 0 Å². The van der Waals surface area contributed by atoms with E-state index in [1.54, 1.807) is 0 Å². The second-order valence-corrected chi connectivity index (χ2v) is 14.0. The number of hydrogen-bond donors (Lipinski definition) is 5. The van der Waals surface area contributed by atoms with Crippen LogP contribution in [0.3, 0.4) is 0 Å². The third-order valence-corrected chi connectivity index (χ3v) is 9.48. The molecule has 6 nitrogen and oxygen atoms in total. The Morgan fingerprint density at radius 2 is 0.870 bits per heavy atom. The molecular weight excluding hydrogens is 574 g/mol. The summed E-state index contributed by atoms with van der Waals surface area (Å²) in [5.41, 5.74) is 0.